The van der Waals surface area contributed by atoms with Crippen molar-refractivity contribution in [3.8, 4) is 11.5 Å². The lowest BCUT2D eigenvalue weighted by atomic mass is 9.84. The maximum absolute atomic E-state index is 12.7. The van der Waals surface area contributed by atoms with Gasteiger partial charge in [-0.2, -0.15) is 0 Å². The number of benzene rings is 2. The van der Waals surface area contributed by atoms with Crippen molar-refractivity contribution in [1.82, 2.24) is 10.3 Å². The SMILES string of the molecule is CC(C)(CNC(=O)c1ccc2nc(Cl)ccc2c1)c1ccc2c(c1)OCCO2. The molecule has 2 aromatic carbocycles. The smallest absolute Gasteiger partial charge is 0.251 e. The van der Waals surface area contributed by atoms with Crippen LogP contribution in [0.2, 0.25) is 5.15 Å². The first-order valence-electron chi connectivity index (χ1n) is 9.17. The van der Waals surface area contributed by atoms with Crippen LogP contribution in [-0.4, -0.2) is 30.6 Å². The highest BCUT2D eigenvalue weighted by Crippen LogP contribution is 2.35. The highest BCUT2D eigenvalue weighted by atomic mass is 35.5. The summed E-state index contributed by atoms with van der Waals surface area (Å²) < 4.78 is 11.3. The van der Waals surface area contributed by atoms with Gasteiger partial charge >= 0.3 is 0 Å². The Hall–Kier alpha value is -2.79. The van der Waals surface area contributed by atoms with E-state index in [1.54, 1.807) is 12.1 Å². The number of aromatic nitrogens is 1. The summed E-state index contributed by atoms with van der Waals surface area (Å²) in [5, 5.41) is 4.35. The Bertz CT molecular complexity index is 1050. The number of carbonyl (C=O) groups excluding carboxylic acids is 1. The summed E-state index contributed by atoms with van der Waals surface area (Å²) in [6, 6.07) is 14.9. The van der Waals surface area contributed by atoms with E-state index in [0.717, 1.165) is 28.0 Å². The lowest BCUT2D eigenvalue weighted by Crippen LogP contribution is -2.36. The summed E-state index contributed by atoms with van der Waals surface area (Å²) in [6.45, 7) is 5.79. The van der Waals surface area contributed by atoms with Crippen molar-refractivity contribution in [2.75, 3.05) is 19.8 Å². The van der Waals surface area contributed by atoms with Crippen LogP contribution < -0.4 is 14.8 Å². The Balaban J connectivity index is 1.48. The molecule has 0 unspecified atom stereocenters. The molecule has 1 amide bonds. The van der Waals surface area contributed by atoms with E-state index < -0.39 is 0 Å². The maximum atomic E-state index is 12.7. The van der Waals surface area contributed by atoms with Gasteiger partial charge in [0.25, 0.3) is 5.91 Å². The topological polar surface area (TPSA) is 60.5 Å². The van der Waals surface area contributed by atoms with Gasteiger partial charge in [0.2, 0.25) is 0 Å². The van der Waals surface area contributed by atoms with Crippen LogP contribution in [0.5, 0.6) is 11.5 Å². The highest BCUT2D eigenvalue weighted by molar-refractivity contribution is 6.29. The molecule has 1 aliphatic heterocycles. The van der Waals surface area contributed by atoms with Crippen molar-refractivity contribution in [3.05, 3.63) is 64.8 Å². The highest BCUT2D eigenvalue weighted by Gasteiger charge is 2.24. The molecule has 6 heteroatoms. The van der Waals surface area contributed by atoms with Gasteiger partial charge in [0, 0.05) is 22.9 Å². The molecule has 3 aromatic rings. The van der Waals surface area contributed by atoms with E-state index in [1.165, 1.54) is 0 Å². The molecule has 1 aromatic heterocycles. The summed E-state index contributed by atoms with van der Waals surface area (Å²) in [7, 11) is 0. The Kier molecular flexibility index (Phi) is 4.85. The van der Waals surface area contributed by atoms with Gasteiger partial charge in [-0.3, -0.25) is 4.79 Å². The van der Waals surface area contributed by atoms with Crippen LogP contribution in [0, 0.1) is 0 Å². The zero-order valence-corrected chi connectivity index (χ0v) is 16.5. The van der Waals surface area contributed by atoms with Crippen LogP contribution in [0.25, 0.3) is 10.9 Å². The van der Waals surface area contributed by atoms with Crippen LogP contribution in [0.4, 0.5) is 0 Å². The van der Waals surface area contributed by atoms with Gasteiger partial charge in [0.05, 0.1) is 5.52 Å². The van der Waals surface area contributed by atoms with E-state index in [4.69, 9.17) is 21.1 Å². The average Bonchev–Trinajstić information content (AvgIpc) is 2.71. The number of nitrogens with one attached hydrogen (secondary N) is 1. The first-order valence-corrected chi connectivity index (χ1v) is 9.55. The van der Waals surface area contributed by atoms with Crippen molar-refractivity contribution < 1.29 is 14.3 Å². The Labute approximate surface area is 168 Å². The molecule has 144 valence electrons. The van der Waals surface area contributed by atoms with Gasteiger partial charge in [-0.1, -0.05) is 31.5 Å². The fraction of sp³-hybridized carbons (Fsp3) is 0.273. The minimum atomic E-state index is -0.266. The van der Waals surface area contributed by atoms with E-state index in [-0.39, 0.29) is 11.3 Å². The third-order valence-electron chi connectivity index (χ3n) is 4.93. The molecule has 1 N–H and O–H groups in total. The molecule has 2 heterocycles. The maximum Gasteiger partial charge on any atom is 0.251 e. The van der Waals surface area contributed by atoms with Gasteiger partial charge in [-0.05, 0) is 48.0 Å². The number of amides is 1. The second kappa shape index (κ2) is 7.32. The molecule has 0 radical (unpaired) electrons. The van der Waals surface area contributed by atoms with Gasteiger partial charge in [0.1, 0.15) is 18.4 Å². The second-order valence-electron chi connectivity index (χ2n) is 7.47. The molecule has 0 spiro atoms. The van der Waals surface area contributed by atoms with E-state index in [2.05, 4.69) is 24.1 Å². The molecule has 0 fully saturated rings. The number of fused-ring (bicyclic) bond motifs is 2. The van der Waals surface area contributed by atoms with Crippen LogP contribution >= 0.6 is 11.6 Å². The van der Waals surface area contributed by atoms with Crippen molar-refractivity contribution in [3.63, 3.8) is 0 Å². The summed E-state index contributed by atoms with van der Waals surface area (Å²) in [5.41, 5.74) is 2.17. The lowest BCUT2D eigenvalue weighted by molar-refractivity contribution is 0.0945. The monoisotopic (exact) mass is 396 g/mol. The normalized spacial score (nSPS) is 13.4. The molecule has 4 rings (SSSR count). The third-order valence-corrected chi connectivity index (χ3v) is 5.14. The molecule has 5 nitrogen and oxygen atoms in total. The molecular formula is C22H21ClN2O3. The van der Waals surface area contributed by atoms with Gasteiger partial charge < -0.3 is 14.8 Å². The molecule has 0 atom stereocenters. The standard InChI is InChI=1S/C22H21ClN2O3/c1-22(2,16-5-7-18-19(12-16)28-10-9-27-18)13-24-21(26)15-3-6-17-14(11-15)4-8-20(23)25-17/h3-8,11-12H,9-10,13H2,1-2H3,(H,24,26). The Morgan fingerprint density at radius 1 is 1.07 bits per heavy atom. The van der Waals surface area contributed by atoms with Gasteiger partial charge in [0.15, 0.2) is 11.5 Å². The largest absolute Gasteiger partial charge is 0.486 e. The predicted octanol–water partition coefficient (Wildman–Crippen LogP) is 4.37. The summed E-state index contributed by atoms with van der Waals surface area (Å²) in [6.07, 6.45) is 0. The fourth-order valence-corrected chi connectivity index (χ4v) is 3.37. The third kappa shape index (κ3) is 3.76. The number of hydrogen-bond donors (Lipinski definition) is 1. The van der Waals surface area contributed by atoms with Gasteiger partial charge in [-0.15, -0.1) is 0 Å². The van der Waals surface area contributed by atoms with Crippen LogP contribution in [0.15, 0.2) is 48.5 Å². The summed E-state index contributed by atoms with van der Waals surface area (Å²) in [5.74, 6) is 1.39. The zero-order valence-electron chi connectivity index (χ0n) is 15.8. The molecule has 1 aliphatic rings. The molecule has 0 saturated heterocycles. The van der Waals surface area contributed by atoms with Gasteiger partial charge in [-0.25, -0.2) is 4.98 Å². The van der Waals surface area contributed by atoms with Crippen LogP contribution in [0.1, 0.15) is 29.8 Å². The van der Waals surface area contributed by atoms with E-state index in [9.17, 15) is 4.79 Å². The van der Waals surface area contributed by atoms with Crippen molar-refractivity contribution >= 4 is 28.4 Å². The number of pyridine rings is 1. The van der Waals surface area contributed by atoms with Crippen molar-refractivity contribution in [1.29, 1.82) is 0 Å². The Morgan fingerprint density at radius 3 is 2.68 bits per heavy atom. The quantitative estimate of drug-likeness (QED) is 0.665. The summed E-state index contributed by atoms with van der Waals surface area (Å²) >= 11 is 5.92. The summed E-state index contributed by atoms with van der Waals surface area (Å²) in [4.78, 5) is 16.9. The molecule has 0 aliphatic carbocycles. The molecule has 0 bridgehead atoms. The minimum absolute atomic E-state index is 0.123. The number of rotatable bonds is 4. The first-order chi connectivity index (χ1) is 13.4. The fourth-order valence-electron chi connectivity index (χ4n) is 3.21. The average molecular weight is 397 g/mol. The number of ether oxygens (including phenoxy) is 2. The van der Waals surface area contributed by atoms with Crippen LogP contribution in [-0.2, 0) is 5.41 Å². The Morgan fingerprint density at radius 2 is 1.86 bits per heavy atom. The van der Waals surface area contributed by atoms with E-state index in [1.807, 2.05) is 36.4 Å². The molecular weight excluding hydrogens is 376 g/mol. The lowest BCUT2D eigenvalue weighted by Gasteiger charge is -2.28. The van der Waals surface area contributed by atoms with Crippen molar-refractivity contribution in [2.24, 2.45) is 0 Å². The number of halogens is 1. The number of nitrogens with zero attached hydrogens (tertiary/aromatic N) is 1. The molecule has 28 heavy (non-hydrogen) atoms. The number of hydrogen-bond acceptors (Lipinski definition) is 4. The number of carbonyl (C=O) groups is 1. The van der Waals surface area contributed by atoms with Crippen molar-refractivity contribution in [2.45, 2.75) is 19.3 Å². The predicted molar refractivity (Wildman–Crippen MR) is 110 cm³/mol. The molecule has 0 saturated carbocycles. The van der Waals surface area contributed by atoms with E-state index >= 15 is 0 Å². The first kappa shape index (κ1) is 18.6. The van der Waals surface area contributed by atoms with E-state index in [0.29, 0.717) is 30.5 Å². The second-order valence-corrected chi connectivity index (χ2v) is 7.85. The minimum Gasteiger partial charge on any atom is -0.486 e. The van der Waals surface area contributed by atoms with Crippen LogP contribution in [0.3, 0.4) is 0 Å². The zero-order chi connectivity index (χ0) is 19.7.